The van der Waals surface area contributed by atoms with Crippen LogP contribution in [-0.2, 0) is 6.18 Å². The lowest BCUT2D eigenvalue weighted by molar-refractivity contribution is -0.144. The summed E-state index contributed by atoms with van der Waals surface area (Å²) < 4.78 is 38.6. The molecule has 1 aromatic heterocycles. The molecular formula is C15H10F3N3. The van der Waals surface area contributed by atoms with Crippen molar-refractivity contribution in [2.45, 2.75) is 6.18 Å². The molecule has 0 aliphatic heterocycles. The number of anilines is 2. The molecule has 0 spiro atoms. The summed E-state index contributed by atoms with van der Waals surface area (Å²) in [4.78, 5) is 7.19. The number of fused-ring (bicyclic) bond motifs is 1. The number of hydrogen-bond acceptors (Lipinski definition) is 3. The van der Waals surface area contributed by atoms with E-state index >= 15 is 0 Å². The predicted octanol–water partition coefficient (Wildman–Crippen LogP) is 4.39. The van der Waals surface area contributed by atoms with Crippen molar-refractivity contribution in [2.24, 2.45) is 0 Å². The summed E-state index contributed by atoms with van der Waals surface area (Å²) >= 11 is 0. The van der Waals surface area contributed by atoms with Gasteiger partial charge in [-0.25, -0.2) is 9.97 Å². The number of aromatic nitrogens is 2. The Morgan fingerprint density at radius 3 is 2.19 bits per heavy atom. The van der Waals surface area contributed by atoms with E-state index in [0.29, 0.717) is 11.1 Å². The maximum atomic E-state index is 12.9. The average Bonchev–Trinajstić information content (AvgIpc) is 2.47. The van der Waals surface area contributed by atoms with Gasteiger partial charge in [0.1, 0.15) is 5.82 Å². The molecule has 0 amide bonds. The summed E-state index contributed by atoms with van der Waals surface area (Å²) in [6.45, 7) is 0. The molecule has 3 nitrogen and oxygen atoms in total. The van der Waals surface area contributed by atoms with E-state index in [1.807, 2.05) is 6.07 Å². The van der Waals surface area contributed by atoms with Gasteiger partial charge in [0.15, 0.2) is 0 Å². The molecule has 0 atom stereocenters. The van der Waals surface area contributed by atoms with E-state index in [-0.39, 0.29) is 11.3 Å². The van der Waals surface area contributed by atoms with Gasteiger partial charge in [0.25, 0.3) is 0 Å². The molecule has 0 saturated carbocycles. The standard InChI is InChI=1S/C15H10F3N3/c16-15(17,18)14-20-12-9-5-4-8-11(12)13(21-14)19-10-6-2-1-3-7-10/h1-9H,(H,19,20,21). The van der Waals surface area contributed by atoms with E-state index in [1.54, 1.807) is 42.5 Å². The molecule has 0 aliphatic carbocycles. The summed E-state index contributed by atoms with van der Waals surface area (Å²) in [6.07, 6.45) is -4.59. The van der Waals surface area contributed by atoms with Crippen LogP contribution in [0.5, 0.6) is 0 Å². The van der Waals surface area contributed by atoms with Crippen molar-refractivity contribution in [3.63, 3.8) is 0 Å². The maximum Gasteiger partial charge on any atom is 0.451 e. The van der Waals surface area contributed by atoms with Crippen LogP contribution in [0.25, 0.3) is 10.9 Å². The Balaban J connectivity index is 2.15. The minimum absolute atomic E-state index is 0.138. The minimum atomic E-state index is -4.59. The third kappa shape index (κ3) is 2.79. The molecule has 0 bridgehead atoms. The van der Waals surface area contributed by atoms with Crippen LogP contribution in [0.15, 0.2) is 54.6 Å². The third-order valence-electron chi connectivity index (χ3n) is 2.89. The van der Waals surface area contributed by atoms with E-state index in [0.717, 1.165) is 0 Å². The first-order valence-electron chi connectivity index (χ1n) is 6.20. The van der Waals surface area contributed by atoms with Crippen LogP contribution in [-0.4, -0.2) is 9.97 Å². The summed E-state index contributed by atoms with van der Waals surface area (Å²) in [6, 6.07) is 15.5. The second kappa shape index (κ2) is 5.05. The van der Waals surface area contributed by atoms with Crippen LogP contribution < -0.4 is 5.32 Å². The Bertz CT molecular complexity index is 770. The predicted molar refractivity (Wildman–Crippen MR) is 74.3 cm³/mol. The number of nitrogens with zero attached hydrogens (tertiary/aromatic N) is 2. The first-order valence-corrected chi connectivity index (χ1v) is 6.20. The molecule has 0 aliphatic rings. The molecule has 3 aromatic rings. The SMILES string of the molecule is FC(F)(F)c1nc(Nc2ccccc2)c2ccccc2n1. The topological polar surface area (TPSA) is 37.8 Å². The monoisotopic (exact) mass is 289 g/mol. The number of alkyl halides is 3. The second-order valence-electron chi connectivity index (χ2n) is 4.40. The van der Waals surface area contributed by atoms with Crippen molar-refractivity contribution in [3.8, 4) is 0 Å². The lowest BCUT2D eigenvalue weighted by Gasteiger charge is -2.12. The average molecular weight is 289 g/mol. The van der Waals surface area contributed by atoms with Gasteiger partial charge in [-0.3, -0.25) is 0 Å². The lowest BCUT2D eigenvalue weighted by atomic mass is 10.2. The largest absolute Gasteiger partial charge is 0.451 e. The number of benzene rings is 2. The molecule has 2 aromatic carbocycles. The van der Waals surface area contributed by atoms with Crippen LogP contribution in [0.1, 0.15) is 5.82 Å². The fraction of sp³-hybridized carbons (Fsp3) is 0.0667. The fourth-order valence-corrected chi connectivity index (χ4v) is 1.96. The molecule has 6 heteroatoms. The van der Waals surface area contributed by atoms with Crippen molar-refractivity contribution in [1.82, 2.24) is 9.97 Å². The highest BCUT2D eigenvalue weighted by molar-refractivity contribution is 5.90. The Morgan fingerprint density at radius 1 is 0.810 bits per heavy atom. The van der Waals surface area contributed by atoms with Crippen LogP contribution >= 0.6 is 0 Å². The molecule has 0 fully saturated rings. The quantitative estimate of drug-likeness (QED) is 0.760. The first kappa shape index (κ1) is 13.4. The van der Waals surface area contributed by atoms with Crippen LogP contribution in [0.4, 0.5) is 24.7 Å². The van der Waals surface area contributed by atoms with Gasteiger partial charge in [-0.1, -0.05) is 30.3 Å². The molecule has 21 heavy (non-hydrogen) atoms. The number of hydrogen-bond donors (Lipinski definition) is 1. The highest BCUT2D eigenvalue weighted by Gasteiger charge is 2.35. The second-order valence-corrected chi connectivity index (χ2v) is 4.40. The number of halogens is 3. The molecular weight excluding hydrogens is 279 g/mol. The van der Waals surface area contributed by atoms with E-state index in [9.17, 15) is 13.2 Å². The Labute approximate surface area is 118 Å². The van der Waals surface area contributed by atoms with Crippen molar-refractivity contribution < 1.29 is 13.2 Å². The number of nitrogens with one attached hydrogen (secondary N) is 1. The molecule has 0 radical (unpaired) electrons. The van der Waals surface area contributed by atoms with Gasteiger partial charge in [0.05, 0.1) is 5.52 Å². The van der Waals surface area contributed by atoms with Gasteiger partial charge >= 0.3 is 6.18 Å². The minimum Gasteiger partial charge on any atom is -0.340 e. The molecule has 3 rings (SSSR count). The Kier molecular flexibility index (Phi) is 3.21. The zero-order chi connectivity index (χ0) is 14.9. The smallest absolute Gasteiger partial charge is 0.340 e. The van der Waals surface area contributed by atoms with Crippen LogP contribution in [0.2, 0.25) is 0 Å². The highest BCUT2D eigenvalue weighted by Crippen LogP contribution is 2.31. The zero-order valence-electron chi connectivity index (χ0n) is 10.7. The van der Waals surface area contributed by atoms with Crippen LogP contribution in [0, 0.1) is 0 Å². The van der Waals surface area contributed by atoms with E-state index in [1.165, 1.54) is 6.07 Å². The third-order valence-corrected chi connectivity index (χ3v) is 2.89. The van der Waals surface area contributed by atoms with Crippen molar-refractivity contribution in [2.75, 3.05) is 5.32 Å². The van der Waals surface area contributed by atoms with Gasteiger partial charge in [-0.05, 0) is 24.3 Å². The summed E-state index contributed by atoms with van der Waals surface area (Å²) in [5.41, 5.74) is 0.910. The van der Waals surface area contributed by atoms with Crippen molar-refractivity contribution in [3.05, 3.63) is 60.4 Å². The maximum absolute atomic E-state index is 12.9. The molecule has 1 N–H and O–H groups in total. The summed E-state index contributed by atoms with van der Waals surface area (Å²) in [5, 5.41) is 3.44. The van der Waals surface area contributed by atoms with Gasteiger partial charge in [0, 0.05) is 11.1 Å². The Hall–Kier alpha value is -2.63. The molecule has 0 unspecified atom stereocenters. The highest BCUT2D eigenvalue weighted by atomic mass is 19.4. The summed E-state index contributed by atoms with van der Waals surface area (Å²) in [5.74, 6) is -1.02. The van der Waals surface area contributed by atoms with Gasteiger partial charge < -0.3 is 5.32 Å². The number of rotatable bonds is 2. The van der Waals surface area contributed by atoms with Crippen molar-refractivity contribution in [1.29, 1.82) is 0 Å². The normalized spacial score (nSPS) is 11.6. The molecule has 0 saturated heterocycles. The first-order chi connectivity index (χ1) is 10.0. The van der Waals surface area contributed by atoms with Gasteiger partial charge in [-0.15, -0.1) is 0 Å². The zero-order valence-corrected chi connectivity index (χ0v) is 10.7. The van der Waals surface area contributed by atoms with Gasteiger partial charge in [0.2, 0.25) is 5.82 Å². The molecule has 106 valence electrons. The van der Waals surface area contributed by atoms with E-state index in [4.69, 9.17) is 0 Å². The Morgan fingerprint density at radius 2 is 1.48 bits per heavy atom. The van der Waals surface area contributed by atoms with Gasteiger partial charge in [-0.2, -0.15) is 13.2 Å². The van der Waals surface area contributed by atoms with Crippen LogP contribution in [0.3, 0.4) is 0 Å². The van der Waals surface area contributed by atoms with E-state index in [2.05, 4.69) is 15.3 Å². The van der Waals surface area contributed by atoms with Crippen molar-refractivity contribution >= 4 is 22.4 Å². The molecule has 1 heterocycles. The fourth-order valence-electron chi connectivity index (χ4n) is 1.96. The number of para-hydroxylation sites is 2. The lowest BCUT2D eigenvalue weighted by Crippen LogP contribution is -2.12. The van der Waals surface area contributed by atoms with E-state index < -0.39 is 12.0 Å². The summed E-state index contributed by atoms with van der Waals surface area (Å²) in [7, 11) is 0.